The minimum atomic E-state index is -0.430. The summed E-state index contributed by atoms with van der Waals surface area (Å²) in [6, 6.07) is 8.07. The lowest BCUT2D eigenvalue weighted by molar-refractivity contribution is 0.414. The van der Waals surface area contributed by atoms with Crippen LogP contribution in [0.5, 0.6) is 5.75 Å². The molecular formula is C21H27N5O3. The molecule has 154 valence electrons. The molecule has 8 heteroatoms. The van der Waals surface area contributed by atoms with Gasteiger partial charge in [0, 0.05) is 12.6 Å². The van der Waals surface area contributed by atoms with Gasteiger partial charge in [0.05, 0.1) is 13.7 Å². The largest absolute Gasteiger partial charge is 0.497 e. The van der Waals surface area contributed by atoms with E-state index in [0.717, 1.165) is 24.2 Å². The van der Waals surface area contributed by atoms with Crippen LogP contribution in [-0.4, -0.2) is 32.3 Å². The lowest BCUT2D eigenvalue weighted by atomic mass is 9.96. The molecule has 0 spiro atoms. The van der Waals surface area contributed by atoms with Crippen LogP contribution in [0.15, 0.2) is 33.9 Å². The Morgan fingerprint density at radius 1 is 1.21 bits per heavy atom. The maximum atomic E-state index is 13.0. The van der Waals surface area contributed by atoms with E-state index in [2.05, 4.69) is 15.3 Å². The molecule has 1 fully saturated rings. The first-order chi connectivity index (χ1) is 14.1. The standard InChI is InChI=1S/C21H27N5O3/c1-3-25-19(27)17-18(24-21(25)28)23-20(22-15-9-5-4-6-10-15)26(17)13-14-8-7-11-16(12-14)29-2/h7-8,11-12,15H,3-6,9-10,13H2,1-2H3,(H,22,23)(H,24,28). The van der Waals surface area contributed by atoms with Crippen LogP contribution in [0.1, 0.15) is 44.6 Å². The first-order valence-electron chi connectivity index (χ1n) is 10.2. The highest BCUT2D eigenvalue weighted by Crippen LogP contribution is 2.24. The van der Waals surface area contributed by atoms with Crippen LogP contribution in [0.25, 0.3) is 11.2 Å². The zero-order chi connectivity index (χ0) is 20.4. The van der Waals surface area contributed by atoms with Crippen LogP contribution in [0.4, 0.5) is 5.95 Å². The van der Waals surface area contributed by atoms with E-state index in [9.17, 15) is 9.59 Å². The van der Waals surface area contributed by atoms with Gasteiger partial charge in [0.2, 0.25) is 5.95 Å². The Balaban J connectivity index is 1.83. The van der Waals surface area contributed by atoms with Gasteiger partial charge < -0.3 is 10.1 Å². The van der Waals surface area contributed by atoms with Gasteiger partial charge in [0.1, 0.15) is 5.75 Å². The third-order valence-electron chi connectivity index (χ3n) is 5.62. The Morgan fingerprint density at radius 3 is 2.72 bits per heavy atom. The summed E-state index contributed by atoms with van der Waals surface area (Å²) < 4.78 is 8.42. The fraction of sp³-hybridized carbons (Fsp3) is 0.476. The molecule has 1 saturated carbocycles. The smallest absolute Gasteiger partial charge is 0.330 e. The summed E-state index contributed by atoms with van der Waals surface area (Å²) in [4.78, 5) is 32.7. The molecule has 0 unspecified atom stereocenters. The number of H-pyrrole nitrogens is 1. The normalized spacial score (nSPS) is 15.0. The van der Waals surface area contributed by atoms with Gasteiger partial charge in [-0.15, -0.1) is 0 Å². The highest BCUT2D eigenvalue weighted by Gasteiger charge is 2.21. The number of nitrogens with zero attached hydrogens (tertiary/aromatic N) is 3. The molecule has 3 aromatic rings. The predicted molar refractivity (Wildman–Crippen MR) is 113 cm³/mol. The minimum absolute atomic E-state index is 0.305. The molecule has 0 bridgehead atoms. The van der Waals surface area contributed by atoms with Crippen molar-refractivity contribution in [2.75, 3.05) is 12.4 Å². The second-order valence-electron chi connectivity index (χ2n) is 7.53. The first kappa shape index (κ1) is 19.3. The molecule has 1 aromatic carbocycles. The molecule has 0 radical (unpaired) electrons. The van der Waals surface area contributed by atoms with Gasteiger partial charge in [-0.05, 0) is 37.5 Å². The molecular weight excluding hydrogens is 370 g/mol. The van der Waals surface area contributed by atoms with Gasteiger partial charge in [0.15, 0.2) is 11.2 Å². The summed E-state index contributed by atoms with van der Waals surface area (Å²) in [6.45, 7) is 2.54. The van der Waals surface area contributed by atoms with Crippen molar-refractivity contribution in [1.82, 2.24) is 19.1 Å². The highest BCUT2D eigenvalue weighted by atomic mass is 16.5. The molecule has 4 rings (SSSR count). The number of aromatic nitrogens is 4. The fourth-order valence-corrected chi connectivity index (χ4v) is 4.08. The number of methoxy groups -OCH3 is 1. The first-order valence-corrected chi connectivity index (χ1v) is 10.2. The van der Waals surface area contributed by atoms with Gasteiger partial charge in [-0.1, -0.05) is 31.4 Å². The fourth-order valence-electron chi connectivity index (χ4n) is 4.08. The summed E-state index contributed by atoms with van der Waals surface area (Å²) in [5.41, 5.74) is 0.973. The lowest BCUT2D eigenvalue weighted by Crippen LogP contribution is -2.35. The highest BCUT2D eigenvalue weighted by molar-refractivity contribution is 5.73. The minimum Gasteiger partial charge on any atom is -0.497 e. The maximum Gasteiger partial charge on any atom is 0.330 e. The number of rotatable bonds is 6. The predicted octanol–water partition coefficient (Wildman–Crippen LogP) is 2.71. The van der Waals surface area contributed by atoms with Gasteiger partial charge in [-0.3, -0.25) is 18.9 Å². The third-order valence-corrected chi connectivity index (χ3v) is 5.62. The number of hydrogen-bond acceptors (Lipinski definition) is 5. The Bertz CT molecular complexity index is 1120. The average Bonchev–Trinajstić information content (AvgIpc) is 3.06. The van der Waals surface area contributed by atoms with Crippen molar-refractivity contribution in [3.05, 3.63) is 50.7 Å². The second-order valence-corrected chi connectivity index (χ2v) is 7.53. The number of benzene rings is 1. The van der Waals surface area contributed by atoms with Crippen LogP contribution in [0, 0.1) is 0 Å². The topological polar surface area (TPSA) is 93.9 Å². The van der Waals surface area contributed by atoms with Crippen molar-refractivity contribution in [3.8, 4) is 5.75 Å². The Morgan fingerprint density at radius 2 is 2.00 bits per heavy atom. The molecule has 2 heterocycles. The third kappa shape index (κ3) is 3.79. The quantitative estimate of drug-likeness (QED) is 0.667. The second kappa shape index (κ2) is 8.14. The zero-order valence-corrected chi connectivity index (χ0v) is 16.9. The number of nitrogens with one attached hydrogen (secondary N) is 2. The summed E-state index contributed by atoms with van der Waals surface area (Å²) in [7, 11) is 1.63. The maximum absolute atomic E-state index is 13.0. The molecule has 0 amide bonds. The number of fused-ring (bicyclic) bond motifs is 1. The van der Waals surface area contributed by atoms with Crippen LogP contribution >= 0.6 is 0 Å². The number of anilines is 1. The van der Waals surface area contributed by atoms with Crippen LogP contribution < -0.4 is 21.3 Å². The van der Waals surface area contributed by atoms with E-state index in [-0.39, 0.29) is 5.56 Å². The monoisotopic (exact) mass is 397 g/mol. The number of ether oxygens (including phenoxy) is 1. The zero-order valence-electron chi connectivity index (χ0n) is 16.9. The van der Waals surface area contributed by atoms with E-state index in [1.165, 1.54) is 23.8 Å². The Kier molecular flexibility index (Phi) is 5.42. The van der Waals surface area contributed by atoms with Crippen LogP contribution in [0.3, 0.4) is 0 Å². The summed E-state index contributed by atoms with van der Waals surface area (Å²) >= 11 is 0. The Hall–Kier alpha value is -3.03. The van der Waals surface area contributed by atoms with Gasteiger partial charge in [-0.25, -0.2) is 4.79 Å². The van der Waals surface area contributed by atoms with Gasteiger partial charge >= 0.3 is 5.69 Å². The van der Waals surface area contributed by atoms with Crippen molar-refractivity contribution < 1.29 is 4.74 Å². The molecule has 0 saturated heterocycles. The molecule has 1 aliphatic rings. The van der Waals surface area contributed by atoms with Crippen LogP contribution in [-0.2, 0) is 13.1 Å². The van der Waals surface area contributed by atoms with E-state index in [0.29, 0.717) is 36.2 Å². The van der Waals surface area contributed by atoms with E-state index < -0.39 is 5.69 Å². The number of aromatic amines is 1. The van der Waals surface area contributed by atoms with E-state index >= 15 is 0 Å². The summed E-state index contributed by atoms with van der Waals surface area (Å²) in [5, 5.41) is 3.52. The van der Waals surface area contributed by atoms with Crippen molar-refractivity contribution in [1.29, 1.82) is 0 Å². The van der Waals surface area contributed by atoms with Crippen molar-refractivity contribution in [3.63, 3.8) is 0 Å². The van der Waals surface area contributed by atoms with Crippen molar-refractivity contribution in [2.24, 2.45) is 0 Å². The van der Waals surface area contributed by atoms with E-state index in [1.54, 1.807) is 14.0 Å². The molecule has 0 aliphatic heterocycles. The van der Waals surface area contributed by atoms with E-state index in [1.807, 2.05) is 28.8 Å². The number of hydrogen-bond donors (Lipinski definition) is 2. The SMILES string of the molecule is CCn1c(=O)[nH]c2nc(NC3CCCCC3)n(Cc3cccc(OC)c3)c2c1=O. The van der Waals surface area contributed by atoms with Crippen molar-refractivity contribution >= 4 is 17.1 Å². The number of imidazole rings is 1. The molecule has 1 aliphatic carbocycles. The molecule has 8 nitrogen and oxygen atoms in total. The Labute approximate surface area is 168 Å². The molecule has 2 N–H and O–H groups in total. The molecule has 2 aromatic heterocycles. The average molecular weight is 397 g/mol. The molecule has 0 atom stereocenters. The summed E-state index contributed by atoms with van der Waals surface area (Å²) in [6.07, 6.45) is 5.80. The van der Waals surface area contributed by atoms with Gasteiger partial charge in [0.25, 0.3) is 5.56 Å². The molecule has 29 heavy (non-hydrogen) atoms. The van der Waals surface area contributed by atoms with E-state index in [4.69, 9.17) is 4.74 Å². The van der Waals surface area contributed by atoms with Crippen molar-refractivity contribution in [2.45, 2.75) is 58.2 Å². The van der Waals surface area contributed by atoms with Crippen LogP contribution in [0.2, 0.25) is 0 Å². The lowest BCUT2D eigenvalue weighted by Gasteiger charge is -2.23. The van der Waals surface area contributed by atoms with Gasteiger partial charge in [-0.2, -0.15) is 4.98 Å². The summed E-state index contributed by atoms with van der Waals surface area (Å²) in [5.74, 6) is 1.38.